The van der Waals surface area contributed by atoms with Gasteiger partial charge < -0.3 is 26.2 Å². The van der Waals surface area contributed by atoms with Crippen LogP contribution in [-0.4, -0.2) is 46.5 Å². The molecule has 2 heterocycles. The van der Waals surface area contributed by atoms with Crippen molar-refractivity contribution in [2.45, 2.75) is 25.6 Å². The maximum atomic E-state index is 9.26. The molecule has 0 spiro atoms. The molecule has 1 atom stereocenters. The Labute approximate surface area is 106 Å². The van der Waals surface area contributed by atoms with E-state index >= 15 is 0 Å². The smallest absolute Gasteiger partial charge is 0.223 e. The Morgan fingerprint density at radius 3 is 2.83 bits per heavy atom. The first-order chi connectivity index (χ1) is 8.39. The van der Waals surface area contributed by atoms with Crippen LogP contribution in [0.5, 0.6) is 0 Å². The zero-order valence-electron chi connectivity index (χ0n) is 10.6. The Balaban J connectivity index is 2.26. The van der Waals surface area contributed by atoms with E-state index in [1.54, 1.807) is 6.07 Å². The van der Waals surface area contributed by atoms with Crippen molar-refractivity contribution >= 4 is 17.6 Å². The fraction of sp³-hybridized carbons (Fsp3) is 0.636. The number of hydrogen-bond donors (Lipinski definition) is 3. The fourth-order valence-corrected chi connectivity index (χ4v) is 2.20. The minimum Gasteiger partial charge on any atom is -0.394 e. The van der Waals surface area contributed by atoms with Gasteiger partial charge in [0.15, 0.2) is 0 Å². The predicted octanol–water partition coefficient (Wildman–Crippen LogP) is -0.383. The molecule has 7 heteroatoms. The summed E-state index contributed by atoms with van der Waals surface area (Å²) >= 11 is 0. The highest BCUT2D eigenvalue weighted by Crippen LogP contribution is 2.25. The summed E-state index contributed by atoms with van der Waals surface area (Å²) in [5, 5.41) is 9.26. The van der Waals surface area contributed by atoms with Gasteiger partial charge in [0.2, 0.25) is 5.95 Å². The van der Waals surface area contributed by atoms with Crippen LogP contribution in [0.2, 0.25) is 0 Å². The second-order valence-electron chi connectivity index (χ2n) is 5.07. The van der Waals surface area contributed by atoms with E-state index in [0.717, 1.165) is 0 Å². The van der Waals surface area contributed by atoms with Crippen LogP contribution in [0.4, 0.5) is 17.6 Å². The van der Waals surface area contributed by atoms with Crippen molar-refractivity contribution in [2.75, 3.05) is 36.1 Å². The molecule has 0 aromatic carbocycles. The van der Waals surface area contributed by atoms with Crippen LogP contribution in [0.1, 0.15) is 13.8 Å². The minimum atomic E-state index is -0.361. The van der Waals surface area contributed by atoms with Crippen LogP contribution < -0.4 is 16.4 Å². The third-order valence-electron chi connectivity index (χ3n) is 2.76. The van der Waals surface area contributed by atoms with Gasteiger partial charge in [-0.2, -0.15) is 9.97 Å². The molecule has 0 bridgehead atoms. The molecule has 1 saturated heterocycles. The Hall–Kier alpha value is -1.60. The van der Waals surface area contributed by atoms with E-state index in [0.29, 0.717) is 24.7 Å². The van der Waals surface area contributed by atoms with Crippen LogP contribution in [0.15, 0.2) is 6.07 Å². The predicted molar refractivity (Wildman–Crippen MR) is 69.1 cm³/mol. The lowest BCUT2D eigenvalue weighted by Crippen LogP contribution is -2.54. The summed E-state index contributed by atoms with van der Waals surface area (Å²) in [6.45, 7) is 5.11. The van der Waals surface area contributed by atoms with Crippen LogP contribution >= 0.6 is 0 Å². The number of aliphatic hydroxyl groups is 1. The lowest BCUT2D eigenvalue weighted by Gasteiger charge is -2.42. The second kappa shape index (κ2) is 4.58. The highest BCUT2D eigenvalue weighted by atomic mass is 16.5. The molecule has 1 unspecified atom stereocenters. The summed E-state index contributed by atoms with van der Waals surface area (Å²) in [5.74, 6) is 1.15. The van der Waals surface area contributed by atoms with E-state index in [2.05, 4.69) is 9.97 Å². The lowest BCUT2D eigenvalue weighted by atomic mass is 10.1. The zero-order chi connectivity index (χ0) is 13.3. The van der Waals surface area contributed by atoms with Crippen molar-refractivity contribution in [2.24, 2.45) is 0 Å². The lowest BCUT2D eigenvalue weighted by molar-refractivity contribution is -0.101. The SMILES string of the molecule is CC1(C)CN(c2cc(N)nc(N)n2)CC(CO)O1. The number of aliphatic hydroxyl groups excluding tert-OH is 1. The van der Waals surface area contributed by atoms with Gasteiger partial charge in [0.05, 0.1) is 18.3 Å². The van der Waals surface area contributed by atoms with Crippen LogP contribution in [0, 0.1) is 0 Å². The largest absolute Gasteiger partial charge is 0.394 e. The van der Waals surface area contributed by atoms with Gasteiger partial charge in [-0.3, -0.25) is 0 Å². The van der Waals surface area contributed by atoms with E-state index in [-0.39, 0.29) is 24.3 Å². The monoisotopic (exact) mass is 253 g/mol. The molecule has 0 saturated carbocycles. The molecular weight excluding hydrogens is 234 g/mol. The maximum absolute atomic E-state index is 9.26. The molecule has 1 aromatic rings. The van der Waals surface area contributed by atoms with Gasteiger partial charge in [-0.25, -0.2) is 0 Å². The van der Waals surface area contributed by atoms with Crippen molar-refractivity contribution in [1.29, 1.82) is 0 Å². The third kappa shape index (κ3) is 2.80. The number of morpholine rings is 1. The maximum Gasteiger partial charge on any atom is 0.223 e. The number of anilines is 3. The van der Waals surface area contributed by atoms with Crippen molar-refractivity contribution < 1.29 is 9.84 Å². The Kier molecular flexibility index (Phi) is 3.27. The summed E-state index contributed by atoms with van der Waals surface area (Å²) < 4.78 is 5.74. The van der Waals surface area contributed by atoms with Crippen molar-refractivity contribution in [3.8, 4) is 0 Å². The van der Waals surface area contributed by atoms with Gasteiger partial charge in [-0.1, -0.05) is 0 Å². The number of aromatic nitrogens is 2. The molecule has 7 nitrogen and oxygen atoms in total. The summed E-state index contributed by atoms with van der Waals surface area (Å²) in [5.41, 5.74) is 10.9. The first kappa shape index (κ1) is 12.8. The number of ether oxygens (including phenoxy) is 1. The normalized spacial score (nSPS) is 23.1. The van der Waals surface area contributed by atoms with Gasteiger partial charge in [0, 0.05) is 19.2 Å². The first-order valence-electron chi connectivity index (χ1n) is 5.83. The number of nitrogens with two attached hydrogens (primary N) is 2. The number of nitrogen functional groups attached to an aromatic ring is 2. The van der Waals surface area contributed by atoms with Gasteiger partial charge in [-0.05, 0) is 13.8 Å². The molecule has 1 fully saturated rings. The zero-order valence-corrected chi connectivity index (χ0v) is 10.6. The quantitative estimate of drug-likeness (QED) is 0.658. The molecule has 18 heavy (non-hydrogen) atoms. The number of rotatable bonds is 2. The van der Waals surface area contributed by atoms with E-state index in [4.69, 9.17) is 16.2 Å². The molecule has 1 aromatic heterocycles. The van der Waals surface area contributed by atoms with Crippen molar-refractivity contribution in [1.82, 2.24) is 9.97 Å². The van der Waals surface area contributed by atoms with E-state index in [1.165, 1.54) is 0 Å². The molecule has 0 radical (unpaired) electrons. The number of nitrogens with zero attached hydrogens (tertiary/aromatic N) is 3. The average Bonchev–Trinajstić information content (AvgIpc) is 2.25. The van der Waals surface area contributed by atoms with E-state index in [9.17, 15) is 5.11 Å². The molecular formula is C11H19N5O2. The molecule has 2 rings (SSSR count). The Morgan fingerprint density at radius 2 is 2.22 bits per heavy atom. The standard InChI is InChI=1S/C11H19N5O2/c1-11(2)6-16(4-7(5-17)18-11)9-3-8(12)14-10(13)15-9/h3,7,17H,4-6H2,1-2H3,(H4,12,13,14,15). The van der Waals surface area contributed by atoms with Crippen molar-refractivity contribution in [3.05, 3.63) is 6.07 Å². The van der Waals surface area contributed by atoms with Gasteiger partial charge in [-0.15, -0.1) is 0 Å². The molecule has 0 amide bonds. The molecule has 100 valence electrons. The molecule has 1 aliphatic heterocycles. The topological polar surface area (TPSA) is 111 Å². The Bertz CT molecular complexity index is 417. The highest BCUT2D eigenvalue weighted by molar-refractivity contribution is 5.51. The van der Waals surface area contributed by atoms with E-state index < -0.39 is 0 Å². The average molecular weight is 253 g/mol. The minimum absolute atomic E-state index is 0.0318. The summed E-state index contributed by atoms with van der Waals surface area (Å²) in [4.78, 5) is 10.0. The molecule has 0 aliphatic carbocycles. The molecule has 1 aliphatic rings. The number of hydrogen-bond acceptors (Lipinski definition) is 7. The highest BCUT2D eigenvalue weighted by Gasteiger charge is 2.33. The van der Waals surface area contributed by atoms with Crippen LogP contribution in [0.3, 0.4) is 0 Å². The van der Waals surface area contributed by atoms with Gasteiger partial charge in [0.25, 0.3) is 0 Å². The fourth-order valence-electron chi connectivity index (χ4n) is 2.20. The molecule has 5 N–H and O–H groups in total. The third-order valence-corrected chi connectivity index (χ3v) is 2.76. The summed E-state index contributed by atoms with van der Waals surface area (Å²) in [7, 11) is 0. The van der Waals surface area contributed by atoms with Crippen molar-refractivity contribution in [3.63, 3.8) is 0 Å². The van der Waals surface area contributed by atoms with Crippen LogP contribution in [-0.2, 0) is 4.74 Å². The summed E-state index contributed by atoms with van der Waals surface area (Å²) in [6.07, 6.45) is -0.244. The van der Waals surface area contributed by atoms with Gasteiger partial charge >= 0.3 is 0 Å². The summed E-state index contributed by atoms with van der Waals surface area (Å²) in [6, 6.07) is 1.67. The van der Waals surface area contributed by atoms with E-state index in [1.807, 2.05) is 18.7 Å². The first-order valence-corrected chi connectivity index (χ1v) is 5.83. The van der Waals surface area contributed by atoms with Crippen LogP contribution in [0.25, 0.3) is 0 Å². The second-order valence-corrected chi connectivity index (χ2v) is 5.07. The van der Waals surface area contributed by atoms with Gasteiger partial charge in [0.1, 0.15) is 11.6 Å². The Morgan fingerprint density at radius 1 is 1.50 bits per heavy atom.